The molecule has 0 saturated carbocycles. The van der Waals surface area contributed by atoms with E-state index in [2.05, 4.69) is 16.7 Å². The fourth-order valence-corrected chi connectivity index (χ4v) is 2.66. The first-order valence-electron chi connectivity index (χ1n) is 8.17. The van der Waals surface area contributed by atoms with E-state index in [-0.39, 0.29) is 5.82 Å². The van der Waals surface area contributed by atoms with Gasteiger partial charge in [-0.05, 0) is 30.7 Å². The van der Waals surface area contributed by atoms with Crippen LogP contribution in [-0.4, -0.2) is 62.0 Å². The number of nitrogens with zero attached hydrogens (tertiary/aromatic N) is 2. The molecule has 0 spiro atoms. The van der Waals surface area contributed by atoms with Crippen molar-refractivity contribution < 1.29 is 14.2 Å². The molecule has 1 aromatic carbocycles. The van der Waals surface area contributed by atoms with Crippen molar-refractivity contribution in [1.82, 2.24) is 4.90 Å². The van der Waals surface area contributed by atoms with Crippen LogP contribution < -0.4 is 4.90 Å². The first kappa shape index (κ1) is 17.2. The van der Waals surface area contributed by atoms with Gasteiger partial charge in [0.15, 0.2) is 0 Å². The number of aliphatic hydroxyl groups excluding tert-OH is 1. The molecule has 0 aromatic heterocycles. The van der Waals surface area contributed by atoms with E-state index < -0.39 is 6.10 Å². The van der Waals surface area contributed by atoms with Crippen molar-refractivity contribution in [2.45, 2.75) is 25.9 Å². The number of anilines is 1. The van der Waals surface area contributed by atoms with E-state index in [1.807, 2.05) is 12.1 Å². The van der Waals surface area contributed by atoms with E-state index >= 15 is 0 Å². The summed E-state index contributed by atoms with van der Waals surface area (Å²) in [4.78, 5) is 4.51. The number of unbranched alkanes of at least 4 members (excludes halogenated alkanes) is 1. The fourth-order valence-electron chi connectivity index (χ4n) is 2.66. The van der Waals surface area contributed by atoms with E-state index in [9.17, 15) is 9.50 Å². The van der Waals surface area contributed by atoms with Gasteiger partial charge < -0.3 is 14.7 Å². The van der Waals surface area contributed by atoms with Crippen molar-refractivity contribution >= 4 is 5.69 Å². The summed E-state index contributed by atoms with van der Waals surface area (Å²) in [6, 6.07) is 6.64. The van der Waals surface area contributed by atoms with Gasteiger partial charge in [0, 0.05) is 45.0 Å². The predicted molar refractivity (Wildman–Crippen MR) is 86.8 cm³/mol. The van der Waals surface area contributed by atoms with Crippen molar-refractivity contribution in [3.8, 4) is 0 Å². The van der Waals surface area contributed by atoms with Crippen LogP contribution in [0.2, 0.25) is 0 Å². The highest BCUT2D eigenvalue weighted by atomic mass is 19.1. The molecule has 1 heterocycles. The van der Waals surface area contributed by atoms with E-state index in [4.69, 9.17) is 4.74 Å². The van der Waals surface area contributed by atoms with Gasteiger partial charge in [0.2, 0.25) is 0 Å². The molecule has 2 rings (SSSR count). The lowest BCUT2D eigenvalue weighted by atomic mass is 10.2. The highest BCUT2D eigenvalue weighted by Gasteiger charge is 2.19. The molecule has 1 N–H and O–H groups in total. The van der Waals surface area contributed by atoms with Gasteiger partial charge in [-0.2, -0.15) is 0 Å². The third-order valence-electron chi connectivity index (χ3n) is 3.99. The van der Waals surface area contributed by atoms with E-state index in [1.54, 1.807) is 0 Å². The average Bonchev–Trinajstić information content (AvgIpc) is 2.53. The van der Waals surface area contributed by atoms with Crippen LogP contribution in [0.4, 0.5) is 10.1 Å². The molecular weight excluding hydrogens is 283 g/mol. The molecule has 1 aliphatic rings. The molecule has 1 aromatic rings. The average molecular weight is 310 g/mol. The predicted octanol–water partition coefficient (Wildman–Crippen LogP) is 2.13. The van der Waals surface area contributed by atoms with E-state index in [1.165, 1.54) is 12.1 Å². The number of benzene rings is 1. The van der Waals surface area contributed by atoms with Gasteiger partial charge in [0.25, 0.3) is 0 Å². The number of hydrogen-bond donors (Lipinski definition) is 1. The fraction of sp³-hybridized carbons (Fsp3) is 0.647. The normalized spacial score (nSPS) is 17.7. The summed E-state index contributed by atoms with van der Waals surface area (Å²) in [5.74, 6) is -0.200. The Kier molecular flexibility index (Phi) is 7.09. The topological polar surface area (TPSA) is 35.9 Å². The molecule has 1 fully saturated rings. The standard InChI is InChI=1S/C17H27FN2O2/c1-2-3-12-22-14-17(21)13-19-8-10-20(11-9-19)16-6-4-15(18)5-7-16/h4-7,17,21H,2-3,8-14H2,1H3/t17-/m0/s1. The van der Waals surface area contributed by atoms with Gasteiger partial charge in [-0.25, -0.2) is 4.39 Å². The van der Waals surface area contributed by atoms with Crippen LogP contribution >= 0.6 is 0 Å². The van der Waals surface area contributed by atoms with Crippen LogP contribution in [0, 0.1) is 5.82 Å². The molecule has 0 radical (unpaired) electrons. The van der Waals surface area contributed by atoms with Crippen LogP contribution in [0.5, 0.6) is 0 Å². The quantitative estimate of drug-likeness (QED) is 0.746. The summed E-state index contributed by atoms with van der Waals surface area (Å²) in [6.45, 7) is 7.53. The second-order valence-electron chi connectivity index (χ2n) is 5.85. The first-order chi connectivity index (χ1) is 10.7. The number of ether oxygens (including phenoxy) is 1. The Morgan fingerprint density at radius 3 is 2.50 bits per heavy atom. The molecular formula is C17H27FN2O2. The molecule has 1 saturated heterocycles. The summed E-state index contributed by atoms with van der Waals surface area (Å²) < 4.78 is 18.4. The number of hydrogen-bond acceptors (Lipinski definition) is 4. The monoisotopic (exact) mass is 310 g/mol. The highest BCUT2D eigenvalue weighted by molar-refractivity contribution is 5.46. The van der Waals surface area contributed by atoms with Gasteiger partial charge in [-0.15, -0.1) is 0 Å². The van der Waals surface area contributed by atoms with Crippen molar-refractivity contribution in [2.75, 3.05) is 50.8 Å². The zero-order valence-corrected chi connectivity index (χ0v) is 13.4. The second kappa shape index (κ2) is 9.08. The zero-order valence-electron chi connectivity index (χ0n) is 13.4. The van der Waals surface area contributed by atoms with Crippen LogP contribution in [0.25, 0.3) is 0 Å². The Hall–Kier alpha value is -1.17. The van der Waals surface area contributed by atoms with E-state index in [0.29, 0.717) is 13.2 Å². The number of piperazine rings is 1. The van der Waals surface area contributed by atoms with Crippen LogP contribution in [0.3, 0.4) is 0 Å². The number of halogens is 1. The van der Waals surface area contributed by atoms with Gasteiger partial charge in [0.1, 0.15) is 5.82 Å². The molecule has 0 bridgehead atoms. The van der Waals surface area contributed by atoms with Gasteiger partial charge in [-0.3, -0.25) is 4.90 Å². The Morgan fingerprint density at radius 2 is 1.86 bits per heavy atom. The first-order valence-corrected chi connectivity index (χ1v) is 8.17. The summed E-state index contributed by atoms with van der Waals surface area (Å²) in [5, 5.41) is 9.99. The number of aliphatic hydroxyl groups is 1. The summed E-state index contributed by atoms with van der Waals surface area (Å²) in [6.07, 6.45) is 1.74. The Labute approximate surface area is 132 Å². The molecule has 0 amide bonds. The van der Waals surface area contributed by atoms with Crippen LogP contribution in [-0.2, 0) is 4.74 Å². The minimum atomic E-state index is -0.422. The lowest BCUT2D eigenvalue weighted by Gasteiger charge is -2.36. The maximum absolute atomic E-state index is 12.9. The largest absolute Gasteiger partial charge is 0.389 e. The lowest BCUT2D eigenvalue weighted by Crippen LogP contribution is -2.49. The van der Waals surface area contributed by atoms with Crippen molar-refractivity contribution in [3.05, 3.63) is 30.1 Å². The molecule has 1 aliphatic heterocycles. The zero-order chi connectivity index (χ0) is 15.8. The number of rotatable bonds is 8. The summed E-state index contributed by atoms with van der Waals surface area (Å²) >= 11 is 0. The SMILES string of the molecule is CCCCOC[C@@H](O)CN1CCN(c2ccc(F)cc2)CC1. The molecule has 4 nitrogen and oxygen atoms in total. The maximum atomic E-state index is 12.9. The molecule has 0 aliphatic carbocycles. The Balaban J connectivity index is 1.67. The third kappa shape index (κ3) is 5.55. The number of β-amino-alcohol motifs (C(OH)–C–C–N with tert-alkyl or cyclic N) is 1. The maximum Gasteiger partial charge on any atom is 0.123 e. The third-order valence-corrected chi connectivity index (χ3v) is 3.99. The van der Waals surface area contributed by atoms with E-state index in [0.717, 1.165) is 51.3 Å². The van der Waals surface area contributed by atoms with Crippen LogP contribution in [0.1, 0.15) is 19.8 Å². The minimum absolute atomic E-state index is 0.200. The Bertz CT molecular complexity index is 419. The molecule has 5 heteroatoms. The summed E-state index contributed by atoms with van der Waals surface area (Å²) in [7, 11) is 0. The van der Waals surface area contributed by atoms with Crippen molar-refractivity contribution in [3.63, 3.8) is 0 Å². The van der Waals surface area contributed by atoms with Crippen LogP contribution in [0.15, 0.2) is 24.3 Å². The molecule has 22 heavy (non-hydrogen) atoms. The second-order valence-corrected chi connectivity index (χ2v) is 5.85. The lowest BCUT2D eigenvalue weighted by molar-refractivity contribution is 0.0150. The molecule has 1 atom stereocenters. The van der Waals surface area contributed by atoms with Gasteiger partial charge in [0.05, 0.1) is 12.7 Å². The van der Waals surface area contributed by atoms with Crippen molar-refractivity contribution in [2.24, 2.45) is 0 Å². The van der Waals surface area contributed by atoms with Gasteiger partial charge in [-0.1, -0.05) is 13.3 Å². The Morgan fingerprint density at radius 1 is 1.18 bits per heavy atom. The summed E-state index contributed by atoms with van der Waals surface area (Å²) in [5.41, 5.74) is 1.06. The van der Waals surface area contributed by atoms with Crippen molar-refractivity contribution in [1.29, 1.82) is 0 Å². The molecule has 124 valence electrons. The highest BCUT2D eigenvalue weighted by Crippen LogP contribution is 2.16. The van der Waals surface area contributed by atoms with Gasteiger partial charge >= 0.3 is 0 Å². The smallest absolute Gasteiger partial charge is 0.123 e. The molecule has 0 unspecified atom stereocenters. The minimum Gasteiger partial charge on any atom is -0.389 e.